The fourth-order valence-electron chi connectivity index (χ4n) is 3.17. The summed E-state index contributed by atoms with van der Waals surface area (Å²) in [6.45, 7) is 5.77. The monoisotopic (exact) mass is 436 g/mol. The number of carbonyl (C=O) groups is 1. The first kappa shape index (κ1) is 22.7. The van der Waals surface area contributed by atoms with E-state index in [2.05, 4.69) is 12.2 Å². The molecule has 5 nitrogen and oxygen atoms in total. The van der Waals surface area contributed by atoms with Crippen LogP contribution in [0.4, 0.5) is 5.69 Å². The van der Waals surface area contributed by atoms with Crippen molar-refractivity contribution < 1.29 is 13.2 Å². The summed E-state index contributed by atoms with van der Waals surface area (Å²) in [5.74, 6) is -0.382. The van der Waals surface area contributed by atoms with Crippen LogP contribution in [0, 0.1) is 13.8 Å². The minimum absolute atomic E-state index is 0.110. The molecule has 0 radical (unpaired) electrons. The molecular weight excluding hydrogens is 408 g/mol. The van der Waals surface area contributed by atoms with E-state index in [1.807, 2.05) is 62.4 Å². The number of hydrogen-bond acceptors (Lipinski definition) is 3. The van der Waals surface area contributed by atoms with Gasteiger partial charge in [-0.05, 0) is 55.7 Å². The van der Waals surface area contributed by atoms with Crippen molar-refractivity contribution >= 4 is 21.6 Å². The normalized spacial score (nSPS) is 11.5. The van der Waals surface area contributed by atoms with Gasteiger partial charge in [0, 0.05) is 12.2 Å². The summed E-state index contributed by atoms with van der Waals surface area (Å²) in [6.07, 6.45) is 0.910. The number of aryl methyl sites for hydroxylation is 3. The van der Waals surface area contributed by atoms with Crippen LogP contribution in [0.5, 0.6) is 0 Å². The molecule has 0 heterocycles. The summed E-state index contributed by atoms with van der Waals surface area (Å²) in [5.41, 5.74) is 4.69. The lowest BCUT2D eigenvalue weighted by Crippen LogP contribution is -2.37. The molecule has 0 aliphatic rings. The molecule has 0 saturated carbocycles. The van der Waals surface area contributed by atoms with Gasteiger partial charge < -0.3 is 5.32 Å². The van der Waals surface area contributed by atoms with E-state index in [0.29, 0.717) is 5.69 Å². The number of anilines is 1. The molecule has 0 aromatic heterocycles. The largest absolute Gasteiger partial charge is 0.325 e. The Labute approximate surface area is 184 Å². The molecule has 0 atom stereocenters. The smallest absolute Gasteiger partial charge is 0.243 e. The highest BCUT2D eigenvalue weighted by Gasteiger charge is 2.27. The Kier molecular flexibility index (Phi) is 7.25. The second-order valence-electron chi connectivity index (χ2n) is 7.67. The average Bonchev–Trinajstić information content (AvgIpc) is 2.75. The van der Waals surface area contributed by atoms with Crippen molar-refractivity contribution in [2.24, 2.45) is 0 Å². The van der Waals surface area contributed by atoms with Crippen molar-refractivity contribution in [2.75, 3.05) is 11.9 Å². The first-order valence-corrected chi connectivity index (χ1v) is 11.7. The van der Waals surface area contributed by atoms with Gasteiger partial charge in [-0.2, -0.15) is 4.31 Å². The quantitative estimate of drug-likeness (QED) is 0.557. The maximum atomic E-state index is 13.3. The molecule has 0 aliphatic carbocycles. The van der Waals surface area contributed by atoms with E-state index in [1.165, 1.54) is 9.87 Å². The lowest BCUT2D eigenvalue weighted by atomic mass is 10.1. The molecular formula is C25H28N2O3S. The predicted octanol–water partition coefficient (Wildman–Crippen LogP) is 4.70. The Balaban J connectivity index is 1.84. The van der Waals surface area contributed by atoms with Crippen LogP contribution in [0.15, 0.2) is 77.7 Å². The first-order valence-electron chi connectivity index (χ1n) is 10.3. The molecule has 0 spiro atoms. The van der Waals surface area contributed by atoms with E-state index in [0.717, 1.165) is 23.1 Å². The predicted molar refractivity (Wildman–Crippen MR) is 124 cm³/mol. The third-order valence-corrected chi connectivity index (χ3v) is 6.91. The van der Waals surface area contributed by atoms with Crippen molar-refractivity contribution in [3.8, 4) is 0 Å². The van der Waals surface area contributed by atoms with E-state index in [4.69, 9.17) is 0 Å². The van der Waals surface area contributed by atoms with Crippen LogP contribution in [0.2, 0.25) is 0 Å². The van der Waals surface area contributed by atoms with Gasteiger partial charge in [-0.1, -0.05) is 66.6 Å². The highest BCUT2D eigenvalue weighted by atomic mass is 32.2. The number of nitrogens with zero attached hydrogens (tertiary/aromatic N) is 1. The molecule has 3 rings (SSSR count). The molecule has 1 N–H and O–H groups in total. The SMILES string of the molecule is CCc1ccc(NC(=O)CN(Cc2ccc(C)cc2)S(=O)(=O)c2ccc(C)cc2)cc1. The number of nitrogens with one attached hydrogen (secondary N) is 1. The number of amides is 1. The summed E-state index contributed by atoms with van der Waals surface area (Å²) in [5, 5.41) is 2.81. The number of hydrogen-bond donors (Lipinski definition) is 1. The molecule has 31 heavy (non-hydrogen) atoms. The molecule has 0 unspecified atom stereocenters. The van der Waals surface area contributed by atoms with Crippen LogP contribution in [-0.4, -0.2) is 25.2 Å². The van der Waals surface area contributed by atoms with E-state index in [9.17, 15) is 13.2 Å². The molecule has 0 fully saturated rings. The van der Waals surface area contributed by atoms with Crippen LogP contribution in [-0.2, 0) is 27.8 Å². The van der Waals surface area contributed by atoms with E-state index in [1.54, 1.807) is 24.3 Å². The van der Waals surface area contributed by atoms with Gasteiger partial charge in [0.05, 0.1) is 11.4 Å². The van der Waals surface area contributed by atoms with Crippen LogP contribution >= 0.6 is 0 Å². The summed E-state index contributed by atoms with van der Waals surface area (Å²) in [6, 6.07) is 21.9. The second kappa shape index (κ2) is 9.90. The molecule has 3 aromatic carbocycles. The highest BCUT2D eigenvalue weighted by Crippen LogP contribution is 2.20. The molecule has 6 heteroatoms. The second-order valence-corrected chi connectivity index (χ2v) is 9.61. The zero-order valence-electron chi connectivity index (χ0n) is 18.1. The zero-order chi connectivity index (χ0) is 22.4. The standard InChI is InChI=1S/C25H28N2O3S/c1-4-21-11-13-23(14-12-21)26-25(28)18-27(17-22-9-5-19(2)6-10-22)31(29,30)24-15-7-20(3)8-16-24/h5-16H,4,17-18H2,1-3H3,(H,26,28). The Morgan fingerprint density at radius 2 is 1.32 bits per heavy atom. The van der Waals surface area contributed by atoms with Gasteiger partial charge in [0.15, 0.2) is 0 Å². The van der Waals surface area contributed by atoms with E-state index >= 15 is 0 Å². The molecule has 162 valence electrons. The van der Waals surface area contributed by atoms with Crippen molar-refractivity contribution in [1.29, 1.82) is 0 Å². The van der Waals surface area contributed by atoms with Crippen molar-refractivity contribution in [3.05, 3.63) is 95.1 Å². The lowest BCUT2D eigenvalue weighted by molar-refractivity contribution is -0.116. The number of sulfonamides is 1. The number of rotatable bonds is 8. The fraction of sp³-hybridized carbons (Fsp3) is 0.240. The minimum atomic E-state index is -3.85. The molecule has 1 amide bonds. The lowest BCUT2D eigenvalue weighted by Gasteiger charge is -2.22. The molecule has 3 aromatic rings. The molecule has 0 aliphatic heterocycles. The van der Waals surface area contributed by atoms with E-state index in [-0.39, 0.29) is 23.9 Å². The molecule has 0 saturated heterocycles. The molecule has 0 bridgehead atoms. The maximum Gasteiger partial charge on any atom is 0.243 e. The van der Waals surface area contributed by atoms with Crippen LogP contribution in [0.3, 0.4) is 0 Å². The van der Waals surface area contributed by atoms with E-state index < -0.39 is 10.0 Å². The Hall–Kier alpha value is -2.96. The van der Waals surface area contributed by atoms with Gasteiger partial charge >= 0.3 is 0 Å². The average molecular weight is 437 g/mol. The van der Waals surface area contributed by atoms with Crippen LogP contribution in [0.1, 0.15) is 29.2 Å². The maximum absolute atomic E-state index is 13.3. The van der Waals surface area contributed by atoms with Gasteiger partial charge in [-0.3, -0.25) is 4.79 Å². The van der Waals surface area contributed by atoms with Gasteiger partial charge in [0.2, 0.25) is 15.9 Å². The van der Waals surface area contributed by atoms with Gasteiger partial charge in [-0.25, -0.2) is 8.42 Å². The Morgan fingerprint density at radius 3 is 1.87 bits per heavy atom. The third kappa shape index (κ3) is 6.03. The van der Waals surface area contributed by atoms with Crippen molar-refractivity contribution in [2.45, 2.75) is 38.6 Å². The highest BCUT2D eigenvalue weighted by molar-refractivity contribution is 7.89. The van der Waals surface area contributed by atoms with Crippen molar-refractivity contribution in [1.82, 2.24) is 4.31 Å². The summed E-state index contributed by atoms with van der Waals surface area (Å²) >= 11 is 0. The van der Waals surface area contributed by atoms with Crippen molar-refractivity contribution in [3.63, 3.8) is 0 Å². The summed E-state index contributed by atoms with van der Waals surface area (Å²) in [4.78, 5) is 12.9. The number of benzene rings is 3. The van der Waals surface area contributed by atoms with Gasteiger partial charge in [0.1, 0.15) is 0 Å². The topological polar surface area (TPSA) is 66.5 Å². The zero-order valence-corrected chi connectivity index (χ0v) is 18.9. The Bertz CT molecular complexity index is 1120. The number of carbonyl (C=O) groups excluding carboxylic acids is 1. The third-order valence-electron chi connectivity index (χ3n) is 5.10. The van der Waals surface area contributed by atoms with Gasteiger partial charge in [0.25, 0.3) is 0 Å². The Morgan fingerprint density at radius 1 is 0.806 bits per heavy atom. The van der Waals surface area contributed by atoms with Crippen LogP contribution in [0.25, 0.3) is 0 Å². The van der Waals surface area contributed by atoms with Gasteiger partial charge in [-0.15, -0.1) is 0 Å². The van der Waals surface area contributed by atoms with Crippen LogP contribution < -0.4 is 5.32 Å². The first-order chi connectivity index (χ1) is 14.8. The summed E-state index contributed by atoms with van der Waals surface area (Å²) in [7, 11) is -3.85. The minimum Gasteiger partial charge on any atom is -0.325 e. The summed E-state index contributed by atoms with van der Waals surface area (Å²) < 4.78 is 27.9. The fourth-order valence-corrected chi connectivity index (χ4v) is 4.55.